The lowest BCUT2D eigenvalue weighted by Gasteiger charge is -2.19. The van der Waals surface area contributed by atoms with E-state index in [1.165, 1.54) is 0 Å². The number of nitrogens with one attached hydrogen (secondary N) is 2. The molecule has 7 nitrogen and oxygen atoms in total. The largest absolute Gasteiger partial charge is 0.444 e. The molecule has 0 aliphatic heterocycles. The van der Waals surface area contributed by atoms with Gasteiger partial charge < -0.3 is 15.4 Å². The van der Waals surface area contributed by atoms with Gasteiger partial charge in [0.25, 0.3) is 0 Å². The zero-order valence-corrected chi connectivity index (χ0v) is 15.9. The lowest BCUT2D eigenvalue weighted by atomic mass is 10.1. The molecule has 0 fully saturated rings. The van der Waals surface area contributed by atoms with E-state index in [0.717, 1.165) is 10.6 Å². The van der Waals surface area contributed by atoms with Crippen molar-refractivity contribution in [3.63, 3.8) is 0 Å². The average molecular weight is 370 g/mol. The van der Waals surface area contributed by atoms with Gasteiger partial charge >= 0.3 is 12.1 Å². The van der Waals surface area contributed by atoms with Crippen LogP contribution in [0.4, 0.5) is 21.0 Å². The van der Waals surface area contributed by atoms with Crippen molar-refractivity contribution in [2.45, 2.75) is 32.8 Å². The highest BCUT2D eigenvalue weighted by Gasteiger charge is 2.15. The van der Waals surface area contributed by atoms with Gasteiger partial charge in [0.15, 0.2) is 0 Å². The number of benzene rings is 2. The zero-order chi connectivity index (χ0) is 19.9. The molecule has 2 rings (SSSR count). The number of nitrogens with two attached hydrogens (primary N) is 1. The van der Waals surface area contributed by atoms with Crippen LogP contribution in [0.5, 0.6) is 0 Å². The summed E-state index contributed by atoms with van der Waals surface area (Å²) in [5.41, 5.74) is 1.65. The second-order valence-electron chi connectivity index (χ2n) is 7.01. The van der Waals surface area contributed by atoms with Crippen LogP contribution in [0.3, 0.4) is 0 Å². The number of carbonyl (C=O) groups is 2. The van der Waals surface area contributed by atoms with Gasteiger partial charge in [-0.05, 0) is 57.0 Å². The molecular formula is C20H26N4O3. The maximum absolute atomic E-state index is 12.3. The van der Waals surface area contributed by atoms with E-state index in [-0.39, 0.29) is 0 Å². The van der Waals surface area contributed by atoms with Crippen molar-refractivity contribution in [3.05, 3.63) is 60.2 Å². The van der Waals surface area contributed by atoms with Crippen LogP contribution in [0.25, 0.3) is 0 Å². The maximum atomic E-state index is 12.3. The number of rotatable bonds is 5. The third-order valence-corrected chi connectivity index (χ3v) is 3.51. The Balaban J connectivity index is 1.88. The molecule has 27 heavy (non-hydrogen) atoms. The van der Waals surface area contributed by atoms with Crippen molar-refractivity contribution in [3.8, 4) is 0 Å². The Hall–Kier alpha value is -3.06. The number of alkyl carbamates (subject to hydrolysis) is 1. The van der Waals surface area contributed by atoms with Gasteiger partial charge in [0, 0.05) is 12.2 Å². The van der Waals surface area contributed by atoms with Crippen LogP contribution < -0.4 is 21.5 Å². The van der Waals surface area contributed by atoms with Crippen molar-refractivity contribution in [1.29, 1.82) is 0 Å². The second kappa shape index (κ2) is 9.05. The Labute approximate surface area is 159 Å². The molecule has 3 amide bonds. The van der Waals surface area contributed by atoms with E-state index < -0.39 is 17.7 Å². The quantitative estimate of drug-likeness (QED) is 0.425. The molecule has 2 aromatic rings. The van der Waals surface area contributed by atoms with Gasteiger partial charge in [-0.2, -0.15) is 0 Å². The standard InChI is InChI=1S/C20H26N4O3/c1-20(2,3)27-19(26)22-13-12-15-8-7-9-16(14-15)23-18(25)24(21)17-10-5-4-6-11-17/h4-11,14H,12-13,21H2,1-3H3,(H,22,26)(H,23,25). The lowest BCUT2D eigenvalue weighted by Crippen LogP contribution is -2.40. The van der Waals surface area contributed by atoms with E-state index in [1.807, 2.05) is 45.0 Å². The molecule has 0 saturated heterocycles. The van der Waals surface area contributed by atoms with Crippen LogP contribution in [-0.4, -0.2) is 24.3 Å². The van der Waals surface area contributed by atoms with Crippen molar-refractivity contribution >= 4 is 23.5 Å². The first kappa shape index (κ1) is 20.3. The summed E-state index contributed by atoms with van der Waals surface area (Å²) < 4.78 is 5.19. The third kappa shape index (κ3) is 6.99. The first-order valence-electron chi connectivity index (χ1n) is 8.71. The fourth-order valence-electron chi connectivity index (χ4n) is 2.32. The van der Waals surface area contributed by atoms with Gasteiger partial charge in [-0.3, -0.25) is 0 Å². The lowest BCUT2D eigenvalue weighted by molar-refractivity contribution is 0.0528. The monoisotopic (exact) mass is 370 g/mol. The Morgan fingerprint density at radius 3 is 2.44 bits per heavy atom. The molecule has 0 unspecified atom stereocenters. The number of hydrazine groups is 1. The molecule has 7 heteroatoms. The number of nitrogens with zero attached hydrogens (tertiary/aromatic N) is 1. The van der Waals surface area contributed by atoms with Crippen molar-refractivity contribution in [2.75, 3.05) is 16.9 Å². The number of carbonyl (C=O) groups excluding carboxylic acids is 2. The number of ether oxygens (including phenoxy) is 1. The van der Waals surface area contributed by atoms with E-state index in [0.29, 0.717) is 24.3 Å². The maximum Gasteiger partial charge on any atom is 0.407 e. The first-order valence-corrected chi connectivity index (χ1v) is 8.71. The minimum atomic E-state index is -0.527. The summed E-state index contributed by atoms with van der Waals surface area (Å²) in [7, 11) is 0. The van der Waals surface area contributed by atoms with Crippen LogP contribution in [0.2, 0.25) is 0 Å². The smallest absolute Gasteiger partial charge is 0.407 e. The van der Waals surface area contributed by atoms with Crippen LogP contribution >= 0.6 is 0 Å². The Kier molecular flexibility index (Phi) is 6.79. The zero-order valence-electron chi connectivity index (χ0n) is 15.9. The van der Waals surface area contributed by atoms with Gasteiger partial charge in [-0.15, -0.1) is 0 Å². The minimum absolute atomic E-state index is 0.430. The number of amides is 3. The van der Waals surface area contributed by atoms with Gasteiger partial charge in [-0.1, -0.05) is 30.3 Å². The van der Waals surface area contributed by atoms with E-state index in [1.54, 1.807) is 30.3 Å². The second-order valence-corrected chi connectivity index (χ2v) is 7.01. The van der Waals surface area contributed by atoms with Crippen molar-refractivity contribution < 1.29 is 14.3 Å². The van der Waals surface area contributed by atoms with E-state index >= 15 is 0 Å². The molecule has 4 N–H and O–H groups in total. The number of urea groups is 1. The van der Waals surface area contributed by atoms with Gasteiger partial charge in [0.05, 0.1) is 5.69 Å². The highest BCUT2D eigenvalue weighted by Crippen LogP contribution is 2.14. The molecular weight excluding hydrogens is 344 g/mol. The first-order chi connectivity index (χ1) is 12.7. The minimum Gasteiger partial charge on any atom is -0.444 e. The topological polar surface area (TPSA) is 96.7 Å². The number of para-hydroxylation sites is 1. The summed E-state index contributed by atoms with van der Waals surface area (Å²) in [6.45, 7) is 5.87. The predicted molar refractivity (Wildman–Crippen MR) is 107 cm³/mol. The average Bonchev–Trinajstić information content (AvgIpc) is 2.60. The van der Waals surface area contributed by atoms with E-state index in [2.05, 4.69) is 10.6 Å². The Morgan fingerprint density at radius 2 is 1.78 bits per heavy atom. The highest BCUT2D eigenvalue weighted by atomic mass is 16.6. The predicted octanol–water partition coefficient (Wildman–Crippen LogP) is 3.67. The summed E-state index contributed by atoms with van der Waals surface area (Å²) in [6, 6.07) is 15.9. The van der Waals surface area contributed by atoms with Crippen LogP contribution in [0.1, 0.15) is 26.3 Å². The number of anilines is 2. The van der Waals surface area contributed by atoms with Crippen molar-refractivity contribution in [1.82, 2.24) is 5.32 Å². The summed E-state index contributed by atoms with van der Waals surface area (Å²) in [5, 5.41) is 6.52. The summed E-state index contributed by atoms with van der Waals surface area (Å²) >= 11 is 0. The molecule has 0 aromatic heterocycles. The summed E-state index contributed by atoms with van der Waals surface area (Å²) in [5.74, 6) is 5.85. The normalized spacial score (nSPS) is 10.8. The molecule has 0 atom stereocenters. The molecule has 144 valence electrons. The fourth-order valence-corrected chi connectivity index (χ4v) is 2.32. The molecule has 0 aliphatic rings. The van der Waals surface area contributed by atoms with E-state index in [4.69, 9.17) is 10.6 Å². The molecule has 0 bridgehead atoms. The molecule has 0 spiro atoms. The Morgan fingerprint density at radius 1 is 1.07 bits per heavy atom. The molecule has 0 saturated carbocycles. The van der Waals surface area contributed by atoms with Gasteiger partial charge in [0.2, 0.25) is 0 Å². The Bertz CT molecular complexity index is 772. The number of hydrogen-bond acceptors (Lipinski definition) is 4. The van der Waals surface area contributed by atoms with Gasteiger partial charge in [-0.25, -0.2) is 20.4 Å². The van der Waals surface area contributed by atoms with Crippen molar-refractivity contribution in [2.24, 2.45) is 5.84 Å². The summed E-state index contributed by atoms with van der Waals surface area (Å²) in [4.78, 5) is 23.9. The van der Waals surface area contributed by atoms with Crippen LogP contribution in [-0.2, 0) is 11.2 Å². The van der Waals surface area contributed by atoms with Crippen LogP contribution in [0, 0.1) is 0 Å². The number of hydrogen-bond donors (Lipinski definition) is 3. The third-order valence-electron chi connectivity index (χ3n) is 3.51. The SMILES string of the molecule is CC(C)(C)OC(=O)NCCc1cccc(NC(=O)N(N)c2ccccc2)c1. The van der Waals surface area contributed by atoms with Crippen LogP contribution in [0.15, 0.2) is 54.6 Å². The molecule has 2 aromatic carbocycles. The highest BCUT2D eigenvalue weighted by molar-refractivity contribution is 6.00. The van der Waals surface area contributed by atoms with Gasteiger partial charge in [0.1, 0.15) is 5.60 Å². The summed E-state index contributed by atoms with van der Waals surface area (Å²) in [6.07, 6.45) is 0.155. The molecule has 0 radical (unpaired) electrons. The molecule has 0 heterocycles. The molecule has 0 aliphatic carbocycles. The van der Waals surface area contributed by atoms with E-state index in [9.17, 15) is 9.59 Å². The fraction of sp³-hybridized carbons (Fsp3) is 0.300.